The summed E-state index contributed by atoms with van der Waals surface area (Å²) in [7, 11) is 0. The maximum Gasteiger partial charge on any atom is 0.147 e. The summed E-state index contributed by atoms with van der Waals surface area (Å²) >= 11 is 3.24. The van der Waals surface area contributed by atoms with E-state index in [1.54, 1.807) is 30.5 Å². The fraction of sp³-hybridized carbons (Fsp3) is 0. The van der Waals surface area contributed by atoms with Crippen LogP contribution in [0, 0.1) is 5.82 Å². The second-order valence-corrected chi connectivity index (χ2v) is 5.27. The summed E-state index contributed by atoms with van der Waals surface area (Å²) in [6.07, 6.45) is 1.65. The lowest BCUT2D eigenvalue weighted by Crippen LogP contribution is -1.97. The predicted octanol–water partition coefficient (Wildman–Crippen LogP) is 4.46. The van der Waals surface area contributed by atoms with Gasteiger partial charge in [0.25, 0.3) is 0 Å². The summed E-state index contributed by atoms with van der Waals surface area (Å²) in [5.74, 6) is -0.326. The van der Waals surface area contributed by atoms with Crippen molar-refractivity contribution < 1.29 is 4.39 Å². The van der Waals surface area contributed by atoms with Crippen molar-refractivity contribution in [3.8, 4) is 0 Å². The van der Waals surface area contributed by atoms with Crippen molar-refractivity contribution in [2.45, 2.75) is 0 Å². The van der Waals surface area contributed by atoms with Gasteiger partial charge in [0.1, 0.15) is 5.82 Å². The van der Waals surface area contributed by atoms with E-state index in [-0.39, 0.29) is 5.82 Å². The van der Waals surface area contributed by atoms with E-state index < -0.39 is 0 Å². The minimum Gasteiger partial charge on any atom is -0.397 e. The van der Waals surface area contributed by atoms with E-state index >= 15 is 0 Å². The maximum atomic E-state index is 13.9. The third-order valence-electron chi connectivity index (χ3n) is 3.00. The number of pyridine rings is 1. The van der Waals surface area contributed by atoms with Gasteiger partial charge in [-0.15, -0.1) is 0 Å². The summed E-state index contributed by atoms with van der Waals surface area (Å²) in [4.78, 5) is 4.25. The molecular weight excluding hydrogens is 321 g/mol. The third kappa shape index (κ3) is 2.32. The maximum absolute atomic E-state index is 13.9. The average molecular weight is 332 g/mol. The largest absolute Gasteiger partial charge is 0.397 e. The Kier molecular flexibility index (Phi) is 3.28. The molecule has 0 spiro atoms. The third-order valence-corrected chi connectivity index (χ3v) is 3.50. The smallest absolute Gasteiger partial charge is 0.147 e. The van der Waals surface area contributed by atoms with Crippen molar-refractivity contribution >= 4 is 43.9 Å². The van der Waals surface area contributed by atoms with Gasteiger partial charge in [0.15, 0.2) is 0 Å². The molecule has 20 heavy (non-hydrogen) atoms. The van der Waals surface area contributed by atoms with Gasteiger partial charge in [-0.25, -0.2) is 4.39 Å². The zero-order chi connectivity index (χ0) is 14.1. The number of benzene rings is 2. The molecule has 3 aromatic rings. The van der Waals surface area contributed by atoms with Gasteiger partial charge in [0.05, 0.1) is 16.9 Å². The molecule has 0 bridgehead atoms. The summed E-state index contributed by atoms with van der Waals surface area (Å²) < 4.78 is 14.6. The quantitative estimate of drug-likeness (QED) is 0.681. The molecule has 3 nitrogen and oxygen atoms in total. The van der Waals surface area contributed by atoms with E-state index in [4.69, 9.17) is 5.73 Å². The Hall–Kier alpha value is -2.14. The number of hydrogen-bond acceptors (Lipinski definition) is 3. The lowest BCUT2D eigenvalue weighted by Gasteiger charge is -2.11. The molecule has 1 heterocycles. The zero-order valence-corrected chi connectivity index (χ0v) is 12.0. The van der Waals surface area contributed by atoms with Crippen molar-refractivity contribution in [2.24, 2.45) is 0 Å². The van der Waals surface area contributed by atoms with E-state index in [1.807, 2.05) is 12.1 Å². The van der Waals surface area contributed by atoms with Crippen LogP contribution in [0.3, 0.4) is 0 Å². The number of nitrogens with one attached hydrogen (secondary N) is 1. The van der Waals surface area contributed by atoms with Gasteiger partial charge in [-0.2, -0.15) is 0 Å². The molecule has 0 unspecified atom stereocenters. The molecule has 0 aliphatic heterocycles. The van der Waals surface area contributed by atoms with Crippen LogP contribution in [-0.4, -0.2) is 4.98 Å². The lowest BCUT2D eigenvalue weighted by atomic mass is 10.1. The summed E-state index contributed by atoms with van der Waals surface area (Å²) in [5.41, 5.74) is 8.37. The van der Waals surface area contributed by atoms with Gasteiger partial charge in [0, 0.05) is 21.7 Å². The van der Waals surface area contributed by atoms with Gasteiger partial charge >= 0.3 is 0 Å². The fourth-order valence-electron chi connectivity index (χ4n) is 2.04. The van der Waals surface area contributed by atoms with Crippen LogP contribution in [0.1, 0.15) is 0 Å². The van der Waals surface area contributed by atoms with E-state index in [9.17, 15) is 4.39 Å². The Morgan fingerprint density at radius 1 is 1.10 bits per heavy atom. The highest BCUT2D eigenvalue weighted by Gasteiger charge is 2.07. The van der Waals surface area contributed by atoms with Gasteiger partial charge < -0.3 is 11.1 Å². The molecule has 0 amide bonds. The first kappa shape index (κ1) is 12.9. The van der Waals surface area contributed by atoms with Crippen molar-refractivity contribution in [1.29, 1.82) is 0 Å². The Bertz CT molecular complexity index is 789. The first-order valence-electron chi connectivity index (χ1n) is 6.00. The molecule has 1 aromatic heterocycles. The lowest BCUT2D eigenvalue weighted by molar-refractivity contribution is 0.631. The number of nitrogen functional groups attached to an aromatic ring is 1. The normalized spacial score (nSPS) is 10.7. The number of fused-ring (bicyclic) bond motifs is 1. The topological polar surface area (TPSA) is 50.9 Å². The number of aromatic nitrogens is 1. The van der Waals surface area contributed by atoms with E-state index in [2.05, 4.69) is 26.2 Å². The molecule has 0 atom stereocenters. The van der Waals surface area contributed by atoms with E-state index in [0.717, 1.165) is 11.1 Å². The number of nitrogens with two attached hydrogens (primary N) is 1. The standard InChI is InChI=1S/C15H11BrFN3/c16-9-4-5-14(11(17)8-9)20-13-6-7-19-15-10(13)2-1-3-12(15)18/h1-8H,18H2,(H,19,20). The molecule has 0 saturated carbocycles. The highest BCUT2D eigenvalue weighted by Crippen LogP contribution is 2.29. The van der Waals surface area contributed by atoms with Crippen molar-refractivity contribution in [3.05, 3.63) is 59.0 Å². The number of hydrogen-bond donors (Lipinski definition) is 2. The first-order valence-corrected chi connectivity index (χ1v) is 6.80. The minimum absolute atomic E-state index is 0.326. The molecule has 0 fully saturated rings. The van der Waals surface area contributed by atoms with Crippen LogP contribution < -0.4 is 11.1 Å². The van der Waals surface area contributed by atoms with E-state index in [0.29, 0.717) is 21.4 Å². The predicted molar refractivity (Wildman–Crippen MR) is 83.5 cm³/mol. The number of halogens is 2. The van der Waals surface area contributed by atoms with Gasteiger partial charge in [-0.05, 0) is 30.3 Å². The van der Waals surface area contributed by atoms with Gasteiger partial charge in [0.2, 0.25) is 0 Å². The Morgan fingerprint density at radius 2 is 1.95 bits per heavy atom. The monoisotopic (exact) mass is 331 g/mol. The van der Waals surface area contributed by atoms with Gasteiger partial charge in [-0.1, -0.05) is 28.1 Å². The summed E-state index contributed by atoms with van der Waals surface area (Å²) in [5, 5.41) is 3.93. The molecule has 0 radical (unpaired) electrons. The molecular formula is C15H11BrFN3. The van der Waals surface area contributed by atoms with Crippen molar-refractivity contribution in [2.75, 3.05) is 11.1 Å². The van der Waals surface area contributed by atoms with Crippen LogP contribution in [0.25, 0.3) is 10.9 Å². The average Bonchev–Trinajstić information content (AvgIpc) is 2.43. The van der Waals surface area contributed by atoms with Crippen molar-refractivity contribution in [3.63, 3.8) is 0 Å². The molecule has 0 saturated heterocycles. The highest BCUT2D eigenvalue weighted by molar-refractivity contribution is 9.10. The number of anilines is 3. The van der Waals surface area contributed by atoms with Crippen LogP contribution in [-0.2, 0) is 0 Å². The number of para-hydroxylation sites is 1. The second kappa shape index (κ2) is 5.09. The highest BCUT2D eigenvalue weighted by atomic mass is 79.9. The van der Waals surface area contributed by atoms with Gasteiger partial charge in [-0.3, -0.25) is 4.98 Å². The van der Waals surface area contributed by atoms with Crippen LogP contribution in [0.5, 0.6) is 0 Å². The van der Waals surface area contributed by atoms with E-state index in [1.165, 1.54) is 6.07 Å². The Morgan fingerprint density at radius 3 is 2.75 bits per heavy atom. The molecule has 0 aliphatic rings. The van der Waals surface area contributed by atoms with Crippen molar-refractivity contribution in [1.82, 2.24) is 4.98 Å². The molecule has 2 aromatic carbocycles. The summed E-state index contributed by atoms with van der Waals surface area (Å²) in [6, 6.07) is 12.2. The van der Waals surface area contributed by atoms with Crippen LogP contribution >= 0.6 is 15.9 Å². The first-order chi connectivity index (χ1) is 9.65. The molecule has 0 aliphatic carbocycles. The van der Waals surface area contributed by atoms with Crippen LogP contribution in [0.2, 0.25) is 0 Å². The fourth-order valence-corrected chi connectivity index (χ4v) is 2.38. The second-order valence-electron chi connectivity index (χ2n) is 4.35. The molecule has 100 valence electrons. The minimum atomic E-state index is -0.326. The summed E-state index contributed by atoms with van der Waals surface area (Å²) in [6.45, 7) is 0. The number of nitrogens with zero attached hydrogens (tertiary/aromatic N) is 1. The molecule has 5 heteroatoms. The Labute approximate surface area is 123 Å². The molecule has 3 rings (SSSR count). The molecule has 3 N–H and O–H groups in total. The van der Waals surface area contributed by atoms with Crippen LogP contribution in [0.4, 0.5) is 21.5 Å². The SMILES string of the molecule is Nc1cccc2c(Nc3ccc(Br)cc3F)ccnc12. The zero-order valence-electron chi connectivity index (χ0n) is 10.4. The Balaban J connectivity index is 2.09. The van der Waals surface area contributed by atoms with Crippen LogP contribution in [0.15, 0.2) is 53.1 Å². The number of rotatable bonds is 2.